The Bertz CT molecular complexity index is 898. The number of esters is 1. The van der Waals surface area contributed by atoms with Gasteiger partial charge in [0.1, 0.15) is 6.61 Å². The summed E-state index contributed by atoms with van der Waals surface area (Å²) in [7, 11) is 0. The van der Waals surface area contributed by atoms with Gasteiger partial charge in [0.2, 0.25) is 11.8 Å². The minimum Gasteiger partial charge on any atom is -0.456 e. The summed E-state index contributed by atoms with van der Waals surface area (Å²) in [6.07, 6.45) is 0.345. The van der Waals surface area contributed by atoms with Crippen LogP contribution in [0.3, 0.4) is 0 Å². The first-order chi connectivity index (χ1) is 14.3. The molecule has 1 atom stereocenters. The molecule has 1 saturated heterocycles. The second-order valence-electron chi connectivity index (χ2n) is 6.53. The zero-order valence-corrected chi connectivity index (χ0v) is 18.2. The van der Waals surface area contributed by atoms with E-state index in [1.165, 1.54) is 52.7 Å². The minimum absolute atomic E-state index is 0.0303. The van der Waals surface area contributed by atoms with E-state index in [0.717, 1.165) is 0 Å². The first-order valence-electron chi connectivity index (χ1n) is 9.39. The van der Waals surface area contributed by atoms with Crippen molar-refractivity contribution < 1.29 is 24.0 Å². The van der Waals surface area contributed by atoms with Gasteiger partial charge in [-0.25, -0.2) is 4.79 Å². The average Bonchev–Trinajstić information content (AvgIpc) is 3.03. The molecule has 30 heavy (non-hydrogen) atoms. The van der Waals surface area contributed by atoms with E-state index in [1.807, 2.05) is 13.8 Å². The number of carbonyl (C=O) groups excluding carboxylic acids is 3. The normalized spacial score (nSPS) is 17.5. The van der Waals surface area contributed by atoms with Crippen molar-refractivity contribution in [3.05, 3.63) is 49.9 Å². The van der Waals surface area contributed by atoms with E-state index < -0.39 is 10.9 Å². The molecular formula is C19H21N3O6S2. The summed E-state index contributed by atoms with van der Waals surface area (Å²) in [6.45, 7) is 4.95. The fourth-order valence-corrected chi connectivity index (χ4v) is 5.67. The number of amides is 2. The third kappa shape index (κ3) is 4.62. The predicted molar refractivity (Wildman–Crippen MR) is 113 cm³/mol. The summed E-state index contributed by atoms with van der Waals surface area (Å²) < 4.78 is 5.97. The lowest BCUT2D eigenvalue weighted by molar-refractivity contribution is -0.384. The smallest absolute Gasteiger partial charge is 0.357 e. The van der Waals surface area contributed by atoms with Crippen LogP contribution in [0, 0.1) is 10.1 Å². The second kappa shape index (κ2) is 9.52. The molecule has 2 aliphatic rings. The van der Waals surface area contributed by atoms with Crippen molar-refractivity contribution in [2.75, 3.05) is 18.8 Å². The van der Waals surface area contributed by atoms with Gasteiger partial charge in [-0.05, 0) is 31.5 Å². The fourth-order valence-electron chi connectivity index (χ4n) is 3.04. The number of non-ortho nitro benzene ring substituents is 1. The lowest BCUT2D eigenvalue weighted by Gasteiger charge is -2.34. The van der Waals surface area contributed by atoms with E-state index in [-0.39, 0.29) is 40.9 Å². The Morgan fingerprint density at radius 3 is 2.53 bits per heavy atom. The highest BCUT2D eigenvalue weighted by molar-refractivity contribution is 8.23. The number of hydrogen-bond donors (Lipinski definition) is 0. The molecule has 1 aromatic rings. The van der Waals surface area contributed by atoms with E-state index in [0.29, 0.717) is 29.3 Å². The molecule has 0 saturated carbocycles. The highest BCUT2D eigenvalue weighted by Crippen LogP contribution is 2.50. The number of ether oxygens (including phenoxy) is 1. The van der Waals surface area contributed by atoms with Gasteiger partial charge in [-0.2, -0.15) is 0 Å². The molecule has 0 N–H and O–H groups in total. The van der Waals surface area contributed by atoms with Crippen molar-refractivity contribution in [1.82, 2.24) is 9.80 Å². The van der Waals surface area contributed by atoms with Gasteiger partial charge in [-0.3, -0.25) is 24.6 Å². The van der Waals surface area contributed by atoms with Crippen LogP contribution >= 0.6 is 23.5 Å². The van der Waals surface area contributed by atoms with E-state index in [1.54, 1.807) is 4.90 Å². The third-order valence-corrected chi connectivity index (χ3v) is 7.28. The van der Waals surface area contributed by atoms with Crippen LogP contribution in [0.1, 0.15) is 25.8 Å². The van der Waals surface area contributed by atoms with Gasteiger partial charge in [-0.15, -0.1) is 11.8 Å². The molecule has 11 heteroatoms. The van der Waals surface area contributed by atoms with Gasteiger partial charge in [-0.1, -0.05) is 11.8 Å². The molecule has 1 fully saturated rings. The van der Waals surface area contributed by atoms with E-state index in [9.17, 15) is 24.5 Å². The number of fused-ring (bicyclic) bond motifs is 1. The standard InChI is InChI=1S/C19H21N3O6S2/c1-3-20(4-2)15(24)11-29-19-17(21-14(23)9-16(21)30-19)18(25)28-10-12-5-7-13(8-6-12)22(26)27/h5-8,16H,3-4,9-11H2,1-2H3/t16-/m0/s1. The largest absolute Gasteiger partial charge is 0.456 e. The van der Waals surface area contributed by atoms with Crippen LogP contribution in [0.15, 0.2) is 34.2 Å². The topological polar surface area (TPSA) is 110 Å². The number of nitro benzene ring substituents is 1. The van der Waals surface area contributed by atoms with Gasteiger partial charge in [0.25, 0.3) is 5.69 Å². The van der Waals surface area contributed by atoms with Gasteiger partial charge < -0.3 is 9.64 Å². The molecule has 9 nitrogen and oxygen atoms in total. The van der Waals surface area contributed by atoms with Crippen LogP contribution in [0.5, 0.6) is 0 Å². The lowest BCUT2D eigenvalue weighted by Crippen LogP contribution is -2.48. The molecule has 2 aliphatic heterocycles. The first-order valence-corrected chi connectivity index (χ1v) is 11.3. The molecule has 2 heterocycles. The van der Waals surface area contributed by atoms with E-state index in [2.05, 4.69) is 0 Å². The number of nitro groups is 1. The first kappa shape index (κ1) is 22.2. The average molecular weight is 452 g/mol. The van der Waals surface area contributed by atoms with Gasteiger partial charge >= 0.3 is 5.97 Å². The summed E-state index contributed by atoms with van der Waals surface area (Å²) in [5, 5.41) is 10.6. The van der Waals surface area contributed by atoms with Crippen LogP contribution in [0.2, 0.25) is 0 Å². The number of benzene rings is 1. The van der Waals surface area contributed by atoms with Crippen molar-refractivity contribution in [1.29, 1.82) is 0 Å². The number of rotatable bonds is 9. The molecule has 0 spiro atoms. The maximum Gasteiger partial charge on any atom is 0.357 e. The summed E-state index contributed by atoms with van der Waals surface area (Å²) >= 11 is 2.64. The molecule has 1 aromatic carbocycles. The highest BCUT2D eigenvalue weighted by atomic mass is 32.2. The molecule has 0 radical (unpaired) electrons. The van der Waals surface area contributed by atoms with Gasteiger partial charge in [0.05, 0.1) is 26.7 Å². The van der Waals surface area contributed by atoms with Crippen molar-refractivity contribution in [2.24, 2.45) is 0 Å². The van der Waals surface area contributed by atoms with Gasteiger partial charge in [0, 0.05) is 25.2 Å². The van der Waals surface area contributed by atoms with Crippen molar-refractivity contribution in [2.45, 2.75) is 32.2 Å². The summed E-state index contributed by atoms with van der Waals surface area (Å²) in [5.74, 6) is -0.648. The third-order valence-electron chi connectivity index (χ3n) is 4.74. The Morgan fingerprint density at radius 2 is 1.97 bits per heavy atom. The quantitative estimate of drug-likeness (QED) is 0.244. The van der Waals surface area contributed by atoms with Crippen molar-refractivity contribution in [3.8, 4) is 0 Å². The number of nitrogens with zero attached hydrogens (tertiary/aromatic N) is 3. The van der Waals surface area contributed by atoms with Crippen LogP contribution in [0.25, 0.3) is 0 Å². The molecule has 3 rings (SSSR count). The summed E-state index contributed by atoms with van der Waals surface area (Å²) in [5.41, 5.74) is 0.726. The SMILES string of the molecule is CCN(CC)C(=O)CSC1=C(C(=O)OCc2ccc([N+](=O)[O-])cc2)N2C(=O)C[C@@H]2S1. The van der Waals surface area contributed by atoms with Crippen molar-refractivity contribution in [3.63, 3.8) is 0 Å². The zero-order chi connectivity index (χ0) is 21.8. The molecule has 0 aromatic heterocycles. The van der Waals surface area contributed by atoms with Gasteiger partial charge in [0.15, 0.2) is 5.70 Å². The Balaban J connectivity index is 1.68. The van der Waals surface area contributed by atoms with Crippen LogP contribution < -0.4 is 0 Å². The molecule has 0 bridgehead atoms. The Morgan fingerprint density at radius 1 is 1.30 bits per heavy atom. The predicted octanol–water partition coefficient (Wildman–Crippen LogP) is 2.71. The fraction of sp³-hybridized carbons (Fsp3) is 0.421. The molecule has 2 amide bonds. The maximum atomic E-state index is 12.7. The Kier molecular flexibility index (Phi) is 7.03. The Hall–Kier alpha value is -2.53. The lowest BCUT2D eigenvalue weighted by atomic mass is 10.2. The number of thioether (sulfide) groups is 2. The zero-order valence-electron chi connectivity index (χ0n) is 16.5. The maximum absolute atomic E-state index is 12.7. The monoisotopic (exact) mass is 451 g/mol. The highest BCUT2D eigenvalue weighted by Gasteiger charge is 2.49. The molecule has 160 valence electrons. The number of β-lactam (4-membered cyclic amide) rings is 1. The Labute approximate surface area is 181 Å². The molecule has 0 unspecified atom stereocenters. The summed E-state index contributed by atoms with van der Waals surface area (Å²) in [4.78, 5) is 50.4. The van der Waals surface area contributed by atoms with E-state index >= 15 is 0 Å². The minimum atomic E-state index is -0.644. The summed E-state index contributed by atoms with van der Waals surface area (Å²) in [6, 6.07) is 5.70. The van der Waals surface area contributed by atoms with E-state index in [4.69, 9.17) is 4.74 Å². The van der Waals surface area contributed by atoms with Crippen LogP contribution in [-0.2, 0) is 25.7 Å². The number of hydrogen-bond acceptors (Lipinski definition) is 8. The second-order valence-corrected chi connectivity index (χ2v) is 8.96. The molecule has 0 aliphatic carbocycles. The van der Waals surface area contributed by atoms with Crippen LogP contribution in [0.4, 0.5) is 5.69 Å². The van der Waals surface area contributed by atoms with Crippen molar-refractivity contribution >= 4 is 47.0 Å². The molecular weight excluding hydrogens is 430 g/mol. The number of carbonyl (C=O) groups is 3. The van der Waals surface area contributed by atoms with Crippen LogP contribution in [-0.4, -0.2) is 56.7 Å².